The Morgan fingerprint density at radius 1 is 1.56 bits per heavy atom. The molecule has 4 nitrogen and oxygen atoms in total. The molecule has 0 radical (unpaired) electrons. The van der Waals surface area contributed by atoms with E-state index < -0.39 is 6.04 Å². The van der Waals surface area contributed by atoms with Crippen molar-refractivity contribution >= 4 is 29.2 Å². The second-order valence-electron chi connectivity index (χ2n) is 4.25. The van der Waals surface area contributed by atoms with Crippen molar-refractivity contribution in [3.05, 3.63) is 28.5 Å². The van der Waals surface area contributed by atoms with Gasteiger partial charge in [-0.15, -0.1) is 0 Å². The highest BCUT2D eigenvalue weighted by molar-refractivity contribution is 7.71. The maximum absolute atomic E-state index is 11.8. The fourth-order valence-electron chi connectivity index (χ4n) is 1.98. The van der Waals surface area contributed by atoms with Crippen LogP contribution in [0.5, 0.6) is 0 Å². The molecule has 1 heterocycles. The quantitative estimate of drug-likeness (QED) is 0.684. The number of carbonyl (C=O) groups is 1. The van der Waals surface area contributed by atoms with E-state index in [1.54, 1.807) is 18.4 Å². The molecule has 0 amide bonds. The minimum absolute atomic E-state index is 0.268. The molecule has 0 bridgehead atoms. The van der Waals surface area contributed by atoms with E-state index in [0.29, 0.717) is 11.4 Å². The Morgan fingerprint density at radius 2 is 2.28 bits per heavy atom. The summed E-state index contributed by atoms with van der Waals surface area (Å²) in [5.41, 5.74) is 2.99. The van der Waals surface area contributed by atoms with Gasteiger partial charge in [0.2, 0.25) is 0 Å². The number of nitrogens with zero attached hydrogens (tertiary/aromatic N) is 1. The highest BCUT2D eigenvalue weighted by Crippen LogP contribution is 2.21. The number of H-pyrrole nitrogens is 1. The summed E-state index contributed by atoms with van der Waals surface area (Å²) in [5, 5.41) is 0. The molecular formula is C13H16N2O2S. The van der Waals surface area contributed by atoms with E-state index in [2.05, 4.69) is 4.98 Å². The standard InChI is InChI=1S/C13H16N2O2S/c1-4-17-12(16)9(3)15-11-7-8(2)5-6-10(11)14-13(15)18/h5-7,9H,4H2,1-3H3,(H,14,18). The minimum Gasteiger partial charge on any atom is -0.464 e. The van der Waals surface area contributed by atoms with Crippen molar-refractivity contribution in [2.75, 3.05) is 6.61 Å². The summed E-state index contributed by atoms with van der Waals surface area (Å²) in [7, 11) is 0. The first-order valence-corrected chi connectivity index (χ1v) is 6.33. The van der Waals surface area contributed by atoms with E-state index in [0.717, 1.165) is 16.6 Å². The topological polar surface area (TPSA) is 47.0 Å². The zero-order valence-electron chi connectivity index (χ0n) is 10.7. The molecule has 0 spiro atoms. The van der Waals surface area contributed by atoms with Gasteiger partial charge in [0.1, 0.15) is 6.04 Å². The molecule has 96 valence electrons. The van der Waals surface area contributed by atoms with Gasteiger partial charge in [-0.05, 0) is 50.7 Å². The average Bonchev–Trinajstić information content (AvgIpc) is 2.64. The predicted octanol–water partition coefficient (Wildman–Crippen LogP) is 3.13. The molecule has 0 fully saturated rings. The molecule has 0 aliphatic rings. The van der Waals surface area contributed by atoms with Crippen LogP contribution in [-0.4, -0.2) is 22.1 Å². The third kappa shape index (κ3) is 2.18. The molecule has 2 rings (SSSR count). The molecule has 1 atom stereocenters. The molecular weight excluding hydrogens is 248 g/mol. The molecule has 0 aliphatic carbocycles. The van der Waals surface area contributed by atoms with Crippen LogP contribution in [-0.2, 0) is 9.53 Å². The summed E-state index contributed by atoms with van der Waals surface area (Å²) >= 11 is 5.28. The number of hydrogen-bond donors (Lipinski definition) is 1. The molecule has 2 aromatic rings. The average molecular weight is 264 g/mol. The Balaban J connectivity index is 2.56. The zero-order chi connectivity index (χ0) is 13.3. The minimum atomic E-state index is -0.423. The van der Waals surface area contributed by atoms with Gasteiger partial charge in [0.05, 0.1) is 17.6 Å². The SMILES string of the molecule is CCOC(=O)C(C)n1c(=S)[nH]c2ccc(C)cc21. The van der Waals surface area contributed by atoms with Gasteiger partial charge in [-0.3, -0.25) is 0 Å². The van der Waals surface area contributed by atoms with Crippen LogP contribution in [0.25, 0.3) is 11.0 Å². The normalized spacial score (nSPS) is 12.6. The lowest BCUT2D eigenvalue weighted by Gasteiger charge is -2.13. The Hall–Kier alpha value is -1.62. The predicted molar refractivity (Wildman–Crippen MR) is 73.2 cm³/mol. The number of fused-ring (bicyclic) bond motifs is 1. The highest BCUT2D eigenvalue weighted by Gasteiger charge is 2.19. The highest BCUT2D eigenvalue weighted by atomic mass is 32.1. The van der Waals surface area contributed by atoms with Crippen molar-refractivity contribution in [1.82, 2.24) is 9.55 Å². The van der Waals surface area contributed by atoms with Gasteiger partial charge < -0.3 is 14.3 Å². The molecule has 0 saturated heterocycles. The van der Waals surface area contributed by atoms with Crippen LogP contribution in [0.4, 0.5) is 0 Å². The van der Waals surface area contributed by atoms with Gasteiger partial charge in [0.25, 0.3) is 0 Å². The molecule has 0 saturated carbocycles. The smallest absolute Gasteiger partial charge is 0.328 e. The largest absolute Gasteiger partial charge is 0.464 e. The van der Waals surface area contributed by atoms with Gasteiger partial charge in [-0.25, -0.2) is 4.79 Å². The lowest BCUT2D eigenvalue weighted by molar-refractivity contribution is -0.146. The Bertz CT molecular complexity index is 642. The van der Waals surface area contributed by atoms with E-state index in [1.807, 2.05) is 25.1 Å². The fraction of sp³-hybridized carbons (Fsp3) is 0.385. The monoisotopic (exact) mass is 264 g/mol. The Labute approximate surface area is 111 Å². The van der Waals surface area contributed by atoms with E-state index in [-0.39, 0.29) is 5.97 Å². The van der Waals surface area contributed by atoms with Gasteiger partial charge in [0, 0.05) is 0 Å². The van der Waals surface area contributed by atoms with Crippen LogP contribution < -0.4 is 0 Å². The van der Waals surface area contributed by atoms with Crippen molar-refractivity contribution in [3.8, 4) is 0 Å². The van der Waals surface area contributed by atoms with Crippen LogP contribution in [0.15, 0.2) is 18.2 Å². The summed E-state index contributed by atoms with van der Waals surface area (Å²) in [5.74, 6) is -0.268. The second-order valence-corrected chi connectivity index (χ2v) is 4.64. The summed E-state index contributed by atoms with van der Waals surface area (Å²) < 4.78 is 7.38. The molecule has 1 N–H and O–H groups in total. The van der Waals surface area contributed by atoms with E-state index >= 15 is 0 Å². The van der Waals surface area contributed by atoms with Crippen molar-refractivity contribution in [2.24, 2.45) is 0 Å². The number of imidazole rings is 1. The number of carbonyl (C=O) groups excluding carboxylic acids is 1. The van der Waals surface area contributed by atoms with Crippen LogP contribution in [0.1, 0.15) is 25.5 Å². The van der Waals surface area contributed by atoms with E-state index in [9.17, 15) is 4.79 Å². The summed E-state index contributed by atoms with van der Waals surface area (Å²) in [6.07, 6.45) is 0. The number of aryl methyl sites for hydroxylation is 1. The van der Waals surface area contributed by atoms with E-state index in [4.69, 9.17) is 17.0 Å². The van der Waals surface area contributed by atoms with Crippen LogP contribution in [0, 0.1) is 11.7 Å². The van der Waals surface area contributed by atoms with Crippen molar-refractivity contribution in [2.45, 2.75) is 26.8 Å². The molecule has 1 unspecified atom stereocenters. The number of nitrogens with one attached hydrogen (secondary N) is 1. The third-order valence-electron chi connectivity index (χ3n) is 2.89. The van der Waals surface area contributed by atoms with Gasteiger partial charge >= 0.3 is 5.97 Å². The lowest BCUT2D eigenvalue weighted by Crippen LogP contribution is -2.19. The first kappa shape index (κ1) is 12.8. The molecule has 5 heteroatoms. The number of aromatic nitrogens is 2. The fourth-order valence-corrected chi connectivity index (χ4v) is 2.35. The Morgan fingerprint density at radius 3 is 2.94 bits per heavy atom. The van der Waals surface area contributed by atoms with Gasteiger partial charge in [-0.1, -0.05) is 6.07 Å². The Kier molecular flexibility index (Phi) is 3.52. The van der Waals surface area contributed by atoms with E-state index in [1.165, 1.54) is 0 Å². The molecule has 18 heavy (non-hydrogen) atoms. The number of benzene rings is 1. The summed E-state index contributed by atoms with van der Waals surface area (Å²) in [6.45, 7) is 5.97. The van der Waals surface area contributed by atoms with Gasteiger partial charge in [0.15, 0.2) is 4.77 Å². The summed E-state index contributed by atoms with van der Waals surface area (Å²) in [6, 6.07) is 5.56. The van der Waals surface area contributed by atoms with Crippen LogP contribution >= 0.6 is 12.2 Å². The maximum Gasteiger partial charge on any atom is 0.328 e. The van der Waals surface area contributed by atoms with Gasteiger partial charge in [-0.2, -0.15) is 0 Å². The van der Waals surface area contributed by atoms with Crippen LogP contribution in [0.3, 0.4) is 0 Å². The first-order chi connectivity index (χ1) is 8.54. The van der Waals surface area contributed by atoms with Crippen molar-refractivity contribution in [1.29, 1.82) is 0 Å². The second kappa shape index (κ2) is 4.94. The number of ether oxygens (including phenoxy) is 1. The number of esters is 1. The number of aromatic amines is 1. The molecule has 0 aliphatic heterocycles. The third-order valence-corrected chi connectivity index (χ3v) is 3.19. The number of rotatable bonds is 3. The zero-order valence-corrected chi connectivity index (χ0v) is 11.5. The van der Waals surface area contributed by atoms with Crippen molar-refractivity contribution in [3.63, 3.8) is 0 Å². The molecule has 1 aromatic carbocycles. The van der Waals surface area contributed by atoms with Crippen LogP contribution in [0.2, 0.25) is 0 Å². The number of hydrogen-bond acceptors (Lipinski definition) is 3. The first-order valence-electron chi connectivity index (χ1n) is 5.92. The molecule has 1 aromatic heterocycles. The maximum atomic E-state index is 11.8. The van der Waals surface area contributed by atoms with Crippen molar-refractivity contribution < 1.29 is 9.53 Å². The summed E-state index contributed by atoms with van der Waals surface area (Å²) in [4.78, 5) is 14.9. The lowest BCUT2D eigenvalue weighted by atomic mass is 10.2.